The molecule has 0 aliphatic heterocycles. The normalized spacial score (nSPS) is 11.5. The predicted octanol–water partition coefficient (Wildman–Crippen LogP) is 7.78. The summed E-state index contributed by atoms with van der Waals surface area (Å²) in [5, 5.41) is 10.5. The molecule has 25 heteroatoms. The van der Waals surface area contributed by atoms with Crippen LogP contribution in [0.5, 0.6) is 0 Å². The minimum absolute atomic E-state index is 0.115. The van der Waals surface area contributed by atoms with Crippen molar-refractivity contribution in [3.05, 3.63) is 187 Å². The summed E-state index contributed by atoms with van der Waals surface area (Å²) < 4.78 is 296. The summed E-state index contributed by atoms with van der Waals surface area (Å²) in [7, 11) is 0. The van der Waals surface area contributed by atoms with Gasteiger partial charge in [-0.15, -0.1) is 21.9 Å². The van der Waals surface area contributed by atoms with Gasteiger partial charge in [-0.1, -0.05) is 30.3 Å². The van der Waals surface area contributed by atoms with Gasteiger partial charge in [0.2, 0.25) is 0 Å². The van der Waals surface area contributed by atoms with Gasteiger partial charge in [0, 0.05) is 5.56 Å². The zero-order valence-electron chi connectivity index (χ0n) is 28.8. The molecule has 0 aliphatic rings. The Bertz CT molecular complexity index is 2370. The number of nitrogens with zero attached hydrogens (tertiary/aromatic N) is 2. The maximum Gasteiger partial charge on any atom is 0.281 e. The summed E-state index contributed by atoms with van der Waals surface area (Å²) in [6, 6.07) is 13.0. The van der Waals surface area contributed by atoms with E-state index in [2.05, 4.69) is 0 Å². The van der Waals surface area contributed by atoms with E-state index in [0.29, 0.717) is 0 Å². The average Bonchev–Trinajstić information content (AvgIpc) is 3.24. The van der Waals surface area contributed by atoms with Crippen LogP contribution in [0.4, 0.5) is 93.5 Å². The molecule has 0 spiro atoms. The number of rotatable bonds is 7. The van der Waals surface area contributed by atoms with E-state index in [4.69, 9.17) is 0 Å². The van der Waals surface area contributed by atoms with Crippen molar-refractivity contribution in [1.29, 1.82) is 0 Å². The molecule has 0 N–H and O–H groups in total. The van der Waals surface area contributed by atoms with Gasteiger partial charge in [0.25, 0.3) is 5.69 Å². The molecule has 61 heavy (non-hydrogen) atoms. The molecule has 0 radical (unpaired) electrons. The van der Waals surface area contributed by atoms with Crippen LogP contribution in [0.1, 0.15) is 5.56 Å². The maximum absolute atomic E-state index is 15.4. The first-order valence-corrected chi connectivity index (χ1v) is 15.9. The molecule has 0 atom stereocenters. The quantitative estimate of drug-likeness (QED) is 0.0313. The van der Waals surface area contributed by atoms with Crippen molar-refractivity contribution in [3.63, 3.8) is 0 Å². The van der Waals surface area contributed by atoms with Gasteiger partial charge in [-0.2, -0.15) is 0 Å². The lowest BCUT2D eigenvalue weighted by Gasteiger charge is -2.44. The molecular weight excluding hydrogens is 883 g/mol. The summed E-state index contributed by atoms with van der Waals surface area (Å²) >= 11 is 0. The number of aromatic nitrogens is 1. The molecule has 1 heterocycles. The second kappa shape index (κ2) is 16.8. The van der Waals surface area contributed by atoms with Gasteiger partial charge in [0.05, 0.1) is 17.1 Å². The molecule has 6 rings (SSSR count). The largest absolute Gasteiger partial charge is 0.281 e. The van der Waals surface area contributed by atoms with Crippen molar-refractivity contribution in [1.82, 2.24) is 0 Å². The number of hydrogen-bond acceptors (Lipinski definition) is 2. The van der Waals surface area contributed by atoms with E-state index >= 15 is 35.1 Å². The van der Waals surface area contributed by atoms with E-state index in [1.54, 1.807) is 12.4 Å². The smallest absolute Gasteiger partial charge is 0.258 e. The lowest BCUT2D eigenvalue weighted by atomic mass is 9.12. The monoisotopic (exact) mass is 894 g/mol. The highest BCUT2D eigenvalue weighted by molar-refractivity contribution is 7.20. The van der Waals surface area contributed by atoms with Crippen LogP contribution in [-0.4, -0.2) is 11.1 Å². The Labute approximate surface area is 324 Å². The van der Waals surface area contributed by atoms with Crippen molar-refractivity contribution in [2.75, 3.05) is 0 Å². The number of pyridine rings is 1. The zero-order chi connectivity index (χ0) is 45.7. The first-order valence-electron chi connectivity index (χ1n) is 15.9. The topological polar surface area (TPSA) is 47.0 Å². The molecule has 0 amide bonds. The number of nitro groups is 1. The van der Waals surface area contributed by atoms with E-state index < -0.39 is 149 Å². The van der Waals surface area contributed by atoms with Crippen molar-refractivity contribution < 1.29 is 97.3 Å². The van der Waals surface area contributed by atoms with Crippen molar-refractivity contribution in [2.45, 2.75) is 6.54 Å². The highest BCUT2D eigenvalue weighted by atomic mass is 19.2. The Kier molecular flexibility index (Phi) is 12.5. The Morgan fingerprint density at radius 1 is 0.377 bits per heavy atom. The molecule has 5 aromatic carbocycles. The van der Waals surface area contributed by atoms with Crippen LogP contribution in [0.25, 0.3) is 0 Å². The van der Waals surface area contributed by atoms with E-state index in [0.717, 1.165) is 6.54 Å². The van der Waals surface area contributed by atoms with Crippen LogP contribution in [0.2, 0.25) is 0 Å². The molecule has 0 bridgehead atoms. The predicted molar refractivity (Wildman–Crippen MR) is 168 cm³/mol. The SMILES string of the molecule is Fc1c(F)c(F)c([B-](c2c(F)c(F)c(F)c(F)c2F)(c2c(F)c(F)c(F)c(F)c2F)c2c(F)c(F)c(F)c(F)c2F)c(F)c1F.O=[N+]([O-])c1cc[n+](Cc2ccccc2)cc1. The van der Waals surface area contributed by atoms with E-state index in [9.17, 15) is 62.8 Å². The van der Waals surface area contributed by atoms with Gasteiger partial charge < -0.3 is 0 Å². The number of benzene rings is 5. The number of hydrogen-bond donors (Lipinski definition) is 0. The summed E-state index contributed by atoms with van der Waals surface area (Å²) in [5.74, 6) is -71.4. The minimum Gasteiger partial charge on any atom is -0.258 e. The minimum atomic E-state index is -7.22. The van der Waals surface area contributed by atoms with E-state index in [1.807, 2.05) is 34.9 Å². The van der Waals surface area contributed by atoms with Crippen LogP contribution in [0.3, 0.4) is 0 Å². The third-order valence-corrected chi connectivity index (χ3v) is 9.00. The number of halogens is 20. The standard InChI is InChI=1S/C24BF20.C12H11N2O2/c26-5-1(6(27)14(35)21(42)13(5)34)25(2-7(28)15(36)22(43)16(37)8(2)29,3-9(30)17(38)23(44)18(39)10(3)31)4-11(32)19(40)24(45)20(41)12(4)33;15-14(16)12-6-8-13(9-7-12)10-11-4-2-1-3-5-11/h;1-9H,10H2/q-1;+1. The first-order chi connectivity index (χ1) is 28.5. The van der Waals surface area contributed by atoms with Crippen LogP contribution in [0, 0.1) is 126 Å². The van der Waals surface area contributed by atoms with Gasteiger partial charge in [-0.25, -0.2) is 92.4 Å². The lowest BCUT2D eigenvalue weighted by Crippen LogP contribution is -2.81. The molecule has 0 unspecified atom stereocenters. The first kappa shape index (κ1) is 45.4. The zero-order valence-corrected chi connectivity index (χ0v) is 28.8. The van der Waals surface area contributed by atoms with Gasteiger partial charge in [0.1, 0.15) is 52.7 Å². The molecular formula is C36H11BF20N2O2. The Morgan fingerprint density at radius 3 is 0.836 bits per heavy atom. The maximum atomic E-state index is 15.4. The summed E-state index contributed by atoms with van der Waals surface area (Å²) in [5.41, 5.74) is -13.0. The molecule has 0 saturated carbocycles. The molecule has 0 aliphatic carbocycles. The van der Waals surface area contributed by atoms with E-state index in [1.165, 1.54) is 17.7 Å². The van der Waals surface area contributed by atoms with Crippen molar-refractivity contribution >= 4 is 33.7 Å². The van der Waals surface area contributed by atoms with Crippen LogP contribution in [-0.2, 0) is 6.54 Å². The van der Waals surface area contributed by atoms with Gasteiger partial charge >= 0.3 is 0 Å². The van der Waals surface area contributed by atoms with Gasteiger partial charge in [0.15, 0.2) is 88.7 Å². The molecule has 6 aromatic rings. The molecule has 0 saturated heterocycles. The summed E-state index contributed by atoms with van der Waals surface area (Å²) in [4.78, 5) is 10.1. The molecule has 1 aromatic heterocycles. The van der Waals surface area contributed by atoms with Crippen LogP contribution < -0.4 is 26.4 Å². The Balaban J connectivity index is 0.000000366. The second-order valence-electron chi connectivity index (χ2n) is 12.3. The lowest BCUT2D eigenvalue weighted by molar-refractivity contribution is -0.688. The van der Waals surface area contributed by atoms with Gasteiger partial charge in [-0.3, -0.25) is 10.1 Å². The molecule has 0 fully saturated rings. The Hall–Kier alpha value is -6.69. The third-order valence-electron chi connectivity index (χ3n) is 9.00. The molecule has 320 valence electrons. The Morgan fingerprint density at radius 2 is 0.607 bits per heavy atom. The van der Waals surface area contributed by atoms with E-state index in [-0.39, 0.29) is 5.69 Å². The van der Waals surface area contributed by atoms with Crippen molar-refractivity contribution in [3.8, 4) is 0 Å². The summed E-state index contributed by atoms with van der Waals surface area (Å²) in [6.07, 6.45) is -3.79. The molecule has 4 nitrogen and oxygen atoms in total. The fraction of sp³-hybridized carbons (Fsp3) is 0.0278. The second-order valence-corrected chi connectivity index (χ2v) is 12.3. The average molecular weight is 894 g/mol. The fourth-order valence-corrected chi connectivity index (χ4v) is 6.35. The highest BCUT2D eigenvalue weighted by Crippen LogP contribution is 2.30. The summed E-state index contributed by atoms with van der Waals surface area (Å²) in [6.45, 7) is 0.721. The fourth-order valence-electron chi connectivity index (χ4n) is 6.35. The van der Waals surface area contributed by atoms with Crippen molar-refractivity contribution in [2.24, 2.45) is 0 Å². The third kappa shape index (κ3) is 7.23. The highest BCUT2D eigenvalue weighted by Gasteiger charge is 2.52. The van der Waals surface area contributed by atoms with Gasteiger partial charge in [-0.05, 0) is 0 Å². The van der Waals surface area contributed by atoms with Crippen LogP contribution in [0.15, 0.2) is 54.9 Å². The van der Waals surface area contributed by atoms with Crippen LogP contribution >= 0.6 is 0 Å².